The minimum Gasteiger partial charge on any atom is -0.494 e. The quantitative estimate of drug-likeness (QED) is 0.832. The third-order valence-corrected chi connectivity index (χ3v) is 3.54. The minimum atomic E-state index is 0.103. The number of hydrogen-bond donors (Lipinski definition) is 1. The molecule has 1 aromatic rings. The highest BCUT2D eigenvalue weighted by molar-refractivity contribution is 5.98. The number of Topliss-reactive ketones (excluding diaryl/α,β-unsaturated/α-hetero) is 1. The Bertz CT molecular complexity index is 399. The molecule has 1 fully saturated rings. The van der Waals surface area contributed by atoms with E-state index in [1.165, 1.54) is 0 Å². The van der Waals surface area contributed by atoms with Crippen molar-refractivity contribution in [1.29, 1.82) is 0 Å². The lowest BCUT2D eigenvalue weighted by Crippen LogP contribution is -2.31. The van der Waals surface area contributed by atoms with Gasteiger partial charge in [0.15, 0.2) is 5.78 Å². The maximum absolute atomic E-state index is 12.3. The van der Waals surface area contributed by atoms with Gasteiger partial charge in [0, 0.05) is 17.5 Å². The van der Waals surface area contributed by atoms with Crippen molar-refractivity contribution in [3.8, 4) is 5.75 Å². The van der Waals surface area contributed by atoms with Gasteiger partial charge in [-0.1, -0.05) is 6.42 Å². The summed E-state index contributed by atoms with van der Waals surface area (Å²) in [4.78, 5) is 12.3. The van der Waals surface area contributed by atoms with Crippen LogP contribution >= 0.6 is 0 Å². The average molecular weight is 247 g/mol. The highest BCUT2D eigenvalue weighted by Crippen LogP contribution is 2.27. The number of benzene rings is 1. The molecule has 2 rings (SSSR count). The highest BCUT2D eigenvalue weighted by Gasteiger charge is 2.25. The Balaban J connectivity index is 2.03. The number of ketones is 1. The van der Waals surface area contributed by atoms with Crippen LogP contribution in [0.3, 0.4) is 0 Å². The van der Waals surface area contributed by atoms with Gasteiger partial charge >= 0.3 is 0 Å². The monoisotopic (exact) mass is 247 g/mol. The van der Waals surface area contributed by atoms with E-state index in [0.717, 1.165) is 37.0 Å². The standard InChI is InChI=1S/C15H21NO2/c1-2-18-14-8-6-11(7-9-14)15(17)12-4-3-5-13(16)10-12/h6-9,12-13H,2-5,10,16H2,1H3. The summed E-state index contributed by atoms with van der Waals surface area (Å²) in [6, 6.07) is 7.62. The zero-order chi connectivity index (χ0) is 13.0. The van der Waals surface area contributed by atoms with Crippen molar-refractivity contribution in [2.75, 3.05) is 6.61 Å². The molecule has 0 heterocycles. The molecule has 2 unspecified atom stereocenters. The summed E-state index contributed by atoms with van der Waals surface area (Å²) in [7, 11) is 0. The molecule has 0 aliphatic heterocycles. The first-order valence-electron chi connectivity index (χ1n) is 6.73. The second kappa shape index (κ2) is 6.01. The number of ether oxygens (including phenoxy) is 1. The van der Waals surface area contributed by atoms with Crippen LogP contribution in [0.25, 0.3) is 0 Å². The van der Waals surface area contributed by atoms with E-state index in [2.05, 4.69) is 0 Å². The zero-order valence-electron chi connectivity index (χ0n) is 10.9. The molecule has 0 saturated heterocycles. The van der Waals surface area contributed by atoms with Crippen molar-refractivity contribution in [3.05, 3.63) is 29.8 Å². The number of carbonyl (C=O) groups is 1. The summed E-state index contributed by atoms with van der Waals surface area (Å²) in [5.74, 6) is 1.15. The molecule has 2 N–H and O–H groups in total. The van der Waals surface area contributed by atoms with Gasteiger partial charge in [-0.3, -0.25) is 4.79 Å². The molecule has 3 nitrogen and oxygen atoms in total. The maximum atomic E-state index is 12.3. The van der Waals surface area contributed by atoms with Crippen LogP contribution in [0, 0.1) is 5.92 Å². The van der Waals surface area contributed by atoms with Crippen LogP contribution in [0.5, 0.6) is 5.75 Å². The molecule has 3 heteroatoms. The molecule has 0 spiro atoms. The molecule has 1 aliphatic carbocycles. The highest BCUT2D eigenvalue weighted by atomic mass is 16.5. The van der Waals surface area contributed by atoms with Crippen molar-refractivity contribution in [2.45, 2.75) is 38.6 Å². The van der Waals surface area contributed by atoms with E-state index in [0.29, 0.717) is 6.61 Å². The van der Waals surface area contributed by atoms with Crippen LogP contribution < -0.4 is 10.5 Å². The van der Waals surface area contributed by atoms with E-state index in [9.17, 15) is 4.79 Å². The fourth-order valence-corrected chi connectivity index (χ4v) is 2.58. The number of rotatable bonds is 4. The van der Waals surface area contributed by atoms with Crippen molar-refractivity contribution in [3.63, 3.8) is 0 Å². The van der Waals surface area contributed by atoms with Crippen molar-refractivity contribution >= 4 is 5.78 Å². The Morgan fingerprint density at radius 3 is 2.67 bits per heavy atom. The largest absolute Gasteiger partial charge is 0.494 e. The predicted molar refractivity (Wildman–Crippen MR) is 71.9 cm³/mol. The van der Waals surface area contributed by atoms with Crippen LogP contribution in [0.1, 0.15) is 43.0 Å². The van der Waals surface area contributed by atoms with Gasteiger partial charge in [0.25, 0.3) is 0 Å². The normalized spacial score (nSPS) is 23.7. The molecule has 1 aromatic carbocycles. The summed E-state index contributed by atoms with van der Waals surface area (Å²) in [6.45, 7) is 2.59. The third-order valence-electron chi connectivity index (χ3n) is 3.54. The first kappa shape index (κ1) is 13.1. The number of nitrogens with two attached hydrogens (primary N) is 1. The van der Waals surface area contributed by atoms with Crippen LogP contribution in [-0.2, 0) is 0 Å². The molecule has 2 atom stereocenters. The molecule has 0 amide bonds. The Morgan fingerprint density at radius 2 is 2.06 bits per heavy atom. The molecular formula is C15H21NO2. The Hall–Kier alpha value is -1.35. The maximum Gasteiger partial charge on any atom is 0.166 e. The molecule has 18 heavy (non-hydrogen) atoms. The lowest BCUT2D eigenvalue weighted by atomic mass is 9.81. The molecule has 0 bridgehead atoms. The van der Waals surface area contributed by atoms with Crippen molar-refractivity contribution < 1.29 is 9.53 Å². The molecular weight excluding hydrogens is 226 g/mol. The average Bonchev–Trinajstić information content (AvgIpc) is 2.39. The summed E-state index contributed by atoms with van der Waals surface area (Å²) in [6.07, 6.45) is 3.91. The molecule has 1 aliphatic rings. The topological polar surface area (TPSA) is 52.3 Å². The van der Waals surface area contributed by atoms with Crippen molar-refractivity contribution in [1.82, 2.24) is 0 Å². The summed E-state index contributed by atoms with van der Waals surface area (Å²) in [5, 5.41) is 0. The van der Waals surface area contributed by atoms with E-state index in [1.54, 1.807) is 0 Å². The van der Waals surface area contributed by atoms with Gasteiger partial charge in [-0.15, -0.1) is 0 Å². The molecule has 0 aromatic heterocycles. The fourth-order valence-electron chi connectivity index (χ4n) is 2.58. The lowest BCUT2D eigenvalue weighted by molar-refractivity contribution is 0.0881. The van der Waals surface area contributed by atoms with Gasteiger partial charge in [-0.05, 0) is 50.5 Å². The lowest BCUT2D eigenvalue weighted by Gasteiger charge is -2.25. The van der Waals surface area contributed by atoms with E-state index >= 15 is 0 Å². The van der Waals surface area contributed by atoms with Crippen LogP contribution in [0.15, 0.2) is 24.3 Å². The van der Waals surface area contributed by atoms with Gasteiger partial charge < -0.3 is 10.5 Å². The molecule has 0 radical (unpaired) electrons. The van der Waals surface area contributed by atoms with Gasteiger partial charge in [-0.25, -0.2) is 0 Å². The smallest absolute Gasteiger partial charge is 0.166 e. The Morgan fingerprint density at radius 1 is 1.33 bits per heavy atom. The SMILES string of the molecule is CCOc1ccc(C(=O)C2CCCC(N)C2)cc1. The van der Waals surface area contributed by atoms with E-state index in [-0.39, 0.29) is 17.7 Å². The first-order chi connectivity index (χ1) is 8.70. The van der Waals surface area contributed by atoms with Crippen LogP contribution in [-0.4, -0.2) is 18.4 Å². The predicted octanol–water partition coefficient (Wildman–Crippen LogP) is 2.79. The number of carbonyl (C=O) groups excluding carboxylic acids is 1. The Labute approximate surface area is 108 Å². The van der Waals surface area contributed by atoms with Crippen molar-refractivity contribution in [2.24, 2.45) is 11.7 Å². The third kappa shape index (κ3) is 3.10. The number of hydrogen-bond acceptors (Lipinski definition) is 3. The second-order valence-electron chi connectivity index (χ2n) is 4.95. The van der Waals surface area contributed by atoms with E-state index < -0.39 is 0 Å². The fraction of sp³-hybridized carbons (Fsp3) is 0.533. The molecule has 1 saturated carbocycles. The van der Waals surface area contributed by atoms with E-state index in [4.69, 9.17) is 10.5 Å². The van der Waals surface area contributed by atoms with Gasteiger partial charge in [0.2, 0.25) is 0 Å². The second-order valence-corrected chi connectivity index (χ2v) is 4.95. The van der Waals surface area contributed by atoms with Crippen LogP contribution in [0.4, 0.5) is 0 Å². The minimum absolute atomic E-state index is 0.103. The van der Waals surface area contributed by atoms with Gasteiger partial charge in [0.1, 0.15) is 5.75 Å². The summed E-state index contributed by atoms with van der Waals surface area (Å²) < 4.78 is 5.37. The zero-order valence-corrected chi connectivity index (χ0v) is 10.9. The Kier molecular flexibility index (Phi) is 4.37. The van der Waals surface area contributed by atoms with Crippen LogP contribution in [0.2, 0.25) is 0 Å². The first-order valence-corrected chi connectivity index (χ1v) is 6.73. The summed E-state index contributed by atoms with van der Waals surface area (Å²) >= 11 is 0. The van der Waals surface area contributed by atoms with Gasteiger partial charge in [0.05, 0.1) is 6.61 Å². The van der Waals surface area contributed by atoms with E-state index in [1.807, 2.05) is 31.2 Å². The van der Waals surface area contributed by atoms with Gasteiger partial charge in [-0.2, -0.15) is 0 Å². The molecule has 98 valence electrons. The summed E-state index contributed by atoms with van der Waals surface area (Å²) in [5.41, 5.74) is 6.71.